The topological polar surface area (TPSA) is 28.1 Å². The van der Waals surface area contributed by atoms with Crippen LogP contribution in [0.25, 0.3) is 80.3 Å². The van der Waals surface area contributed by atoms with Crippen LogP contribution in [0, 0.1) is 17.9 Å². The molecule has 0 bridgehead atoms. The molecule has 0 aromatic heterocycles. The van der Waals surface area contributed by atoms with Gasteiger partial charge in [-0.2, -0.15) is 5.26 Å². The summed E-state index contributed by atoms with van der Waals surface area (Å²) in [5.74, 6) is 0. The number of hydrogen-bond acceptors (Lipinski definition) is 1. The van der Waals surface area contributed by atoms with Crippen molar-refractivity contribution in [3.63, 3.8) is 0 Å². The Morgan fingerprint density at radius 2 is 0.789 bits per heavy atom. The van der Waals surface area contributed by atoms with Gasteiger partial charge in [0.1, 0.15) is 0 Å². The summed E-state index contributed by atoms with van der Waals surface area (Å²) in [7, 11) is 0. The van der Waals surface area contributed by atoms with Crippen LogP contribution < -0.4 is 0 Å². The van der Waals surface area contributed by atoms with Crippen molar-refractivity contribution in [1.29, 1.82) is 5.26 Å². The van der Waals surface area contributed by atoms with Crippen molar-refractivity contribution < 1.29 is 0 Å². The van der Waals surface area contributed by atoms with E-state index in [-0.39, 0.29) is 0 Å². The summed E-state index contributed by atoms with van der Waals surface area (Å²) in [5.41, 5.74) is 0.804. The fourth-order valence-corrected chi connectivity index (χ4v) is 6.55. The Morgan fingerprint density at radius 1 is 0.447 bits per heavy atom. The van der Waals surface area contributed by atoms with Gasteiger partial charge in [0.15, 0.2) is 0 Å². The Kier molecular flexibility index (Phi) is 4.11. The molecular weight excluding hydrogens is 460 g/mol. The Bertz CT molecular complexity index is 2250. The minimum Gasteiger partial charge on any atom is -0.237 e. The zero-order valence-electron chi connectivity index (χ0n) is 20.3. The molecule has 8 aromatic carbocycles. The first-order valence-electron chi connectivity index (χ1n) is 12.6. The van der Waals surface area contributed by atoms with E-state index in [2.05, 4.69) is 108 Å². The number of benzene rings is 8. The number of nitrogens with zero attached hydrogens (tertiary/aromatic N) is 2. The number of fused-ring (bicyclic) bond motifs is 16. The molecule has 172 valence electrons. The summed E-state index contributed by atoms with van der Waals surface area (Å²) >= 11 is 0. The lowest BCUT2D eigenvalue weighted by Crippen LogP contribution is -1.92. The van der Waals surface area contributed by atoms with E-state index in [0.717, 1.165) is 32.3 Å². The summed E-state index contributed by atoms with van der Waals surface area (Å²) in [6, 6.07) is 40.6. The molecule has 0 fully saturated rings. The zero-order chi connectivity index (χ0) is 25.4. The molecule has 8 rings (SSSR count). The average Bonchev–Trinajstić information content (AvgIpc) is 2.99. The third-order valence-corrected chi connectivity index (χ3v) is 8.03. The molecular formula is C36H18N2. The van der Waals surface area contributed by atoms with E-state index in [4.69, 9.17) is 6.57 Å². The molecule has 0 heterocycles. The van der Waals surface area contributed by atoms with Crippen LogP contribution in [0.5, 0.6) is 0 Å². The van der Waals surface area contributed by atoms with Crippen molar-refractivity contribution in [2.45, 2.75) is 0 Å². The van der Waals surface area contributed by atoms with Gasteiger partial charge in [-0.05, 0) is 87.5 Å². The predicted octanol–water partition coefficient (Wildman–Crippen LogP) is 10.2. The van der Waals surface area contributed by atoms with Gasteiger partial charge in [-0.3, -0.25) is 0 Å². The summed E-state index contributed by atoms with van der Waals surface area (Å²) in [6.07, 6.45) is 0. The lowest BCUT2D eigenvalue weighted by atomic mass is 9.83. The molecule has 0 N–H and O–H groups in total. The predicted molar refractivity (Wildman–Crippen MR) is 160 cm³/mol. The Morgan fingerprint density at radius 3 is 1.16 bits per heavy atom. The van der Waals surface area contributed by atoms with Crippen molar-refractivity contribution in [2.75, 3.05) is 0 Å². The lowest BCUT2D eigenvalue weighted by molar-refractivity contribution is 1.50. The van der Waals surface area contributed by atoms with Gasteiger partial charge in [-0.1, -0.05) is 97.1 Å². The number of rotatable bonds is 0. The van der Waals surface area contributed by atoms with E-state index in [1.54, 1.807) is 0 Å². The van der Waals surface area contributed by atoms with Crippen LogP contribution in [0.1, 0.15) is 5.56 Å². The Labute approximate surface area is 218 Å². The van der Waals surface area contributed by atoms with E-state index >= 15 is 0 Å². The zero-order valence-corrected chi connectivity index (χ0v) is 20.3. The third kappa shape index (κ3) is 2.54. The highest BCUT2D eigenvalue weighted by Gasteiger charge is 2.21. The summed E-state index contributed by atoms with van der Waals surface area (Å²) in [5, 5.41) is 26.2. The third-order valence-electron chi connectivity index (χ3n) is 8.03. The highest BCUT2D eigenvalue weighted by Crippen LogP contribution is 2.49. The maximum atomic E-state index is 10.00. The Balaban J connectivity index is 1.89. The molecule has 0 aliphatic rings. The lowest BCUT2D eigenvalue weighted by Gasteiger charge is -2.20. The van der Waals surface area contributed by atoms with Gasteiger partial charge >= 0.3 is 0 Å². The molecule has 0 aliphatic carbocycles. The first-order valence-corrected chi connectivity index (χ1v) is 12.6. The van der Waals surface area contributed by atoms with Gasteiger partial charge < -0.3 is 0 Å². The molecule has 0 radical (unpaired) electrons. The molecule has 0 spiro atoms. The molecule has 0 saturated heterocycles. The van der Waals surface area contributed by atoms with Crippen molar-refractivity contribution in [2.24, 2.45) is 0 Å². The number of nitriles is 1. The highest BCUT2D eigenvalue weighted by atomic mass is 14.6. The van der Waals surface area contributed by atoms with Crippen LogP contribution in [0.2, 0.25) is 0 Å². The van der Waals surface area contributed by atoms with Crippen LogP contribution >= 0.6 is 0 Å². The minimum absolute atomic E-state index is 0.392. The SMILES string of the molecule is [C-]#[N+]c1cc2c(cc1C#N)c1c3ccccc3c3ccccc3c1c1c3ccccc3c3ccccc3c21. The standard InChI is InChI=1S/C36H18N2/c1-38-32-19-31-30(18-21(32)20-37)33-26-14-6-2-10-22(26)24-12-4-8-16-28(24)35(33)36-29-17-9-5-13-25(29)23-11-3-7-15-27(23)34(31)36/h2-19H. The first-order chi connectivity index (χ1) is 18.8. The molecule has 0 unspecified atom stereocenters. The van der Waals surface area contributed by atoms with Gasteiger partial charge in [0, 0.05) is 0 Å². The normalized spacial score (nSPS) is 11.6. The van der Waals surface area contributed by atoms with E-state index in [1.807, 2.05) is 12.1 Å². The molecule has 0 atom stereocenters. The molecule has 0 saturated carbocycles. The molecule has 38 heavy (non-hydrogen) atoms. The second kappa shape index (κ2) is 7.53. The maximum absolute atomic E-state index is 10.00. The number of hydrogen-bond donors (Lipinski definition) is 0. The van der Waals surface area contributed by atoms with Gasteiger partial charge in [-0.15, -0.1) is 0 Å². The molecule has 8 aromatic rings. The largest absolute Gasteiger partial charge is 0.237 e. The van der Waals surface area contributed by atoms with Crippen molar-refractivity contribution in [1.82, 2.24) is 0 Å². The summed E-state index contributed by atoms with van der Waals surface area (Å²) < 4.78 is 0. The van der Waals surface area contributed by atoms with Gasteiger partial charge in [0.25, 0.3) is 0 Å². The van der Waals surface area contributed by atoms with Crippen molar-refractivity contribution in [3.05, 3.63) is 126 Å². The van der Waals surface area contributed by atoms with Crippen LogP contribution in [0.3, 0.4) is 0 Å². The van der Waals surface area contributed by atoms with Gasteiger partial charge in [0.05, 0.1) is 18.2 Å². The van der Waals surface area contributed by atoms with E-state index < -0.39 is 0 Å². The quantitative estimate of drug-likeness (QED) is 0.157. The smallest absolute Gasteiger partial charge is 0.205 e. The second-order valence-corrected chi connectivity index (χ2v) is 9.82. The van der Waals surface area contributed by atoms with E-state index in [9.17, 15) is 5.26 Å². The fourth-order valence-electron chi connectivity index (χ4n) is 6.55. The van der Waals surface area contributed by atoms with Crippen molar-refractivity contribution in [3.8, 4) is 6.07 Å². The summed E-state index contributed by atoms with van der Waals surface area (Å²) in [6.45, 7) is 7.84. The van der Waals surface area contributed by atoms with E-state index in [0.29, 0.717) is 11.3 Å². The molecule has 2 heteroatoms. The molecule has 0 aliphatic heterocycles. The molecule has 2 nitrogen and oxygen atoms in total. The van der Waals surface area contributed by atoms with E-state index in [1.165, 1.54) is 43.1 Å². The van der Waals surface area contributed by atoms with Crippen LogP contribution in [-0.4, -0.2) is 0 Å². The molecule has 0 amide bonds. The monoisotopic (exact) mass is 478 g/mol. The van der Waals surface area contributed by atoms with Gasteiger partial charge in [0.2, 0.25) is 5.69 Å². The minimum atomic E-state index is 0.392. The Hall–Kier alpha value is -5.44. The van der Waals surface area contributed by atoms with Crippen LogP contribution in [0.4, 0.5) is 5.69 Å². The first kappa shape index (κ1) is 20.7. The average molecular weight is 479 g/mol. The van der Waals surface area contributed by atoms with Crippen molar-refractivity contribution >= 4 is 81.1 Å². The van der Waals surface area contributed by atoms with Crippen LogP contribution in [0.15, 0.2) is 109 Å². The summed E-state index contributed by atoms with van der Waals surface area (Å²) in [4.78, 5) is 3.76. The van der Waals surface area contributed by atoms with Gasteiger partial charge in [-0.25, -0.2) is 4.85 Å². The highest BCUT2D eigenvalue weighted by molar-refractivity contribution is 6.46. The van der Waals surface area contributed by atoms with Crippen LogP contribution in [-0.2, 0) is 0 Å². The fraction of sp³-hybridized carbons (Fsp3) is 0. The second-order valence-electron chi connectivity index (χ2n) is 9.82. The maximum Gasteiger partial charge on any atom is 0.205 e.